The topological polar surface area (TPSA) is 86.1 Å². The Balaban J connectivity index is 3.80. The molecule has 6 nitrogen and oxygen atoms in total. The molecule has 0 aromatic rings. The Morgan fingerprint density at radius 2 is 1.89 bits per heavy atom. The molecule has 0 spiro atoms. The summed E-state index contributed by atoms with van der Waals surface area (Å²) < 4.78 is 28.8. The van der Waals surface area contributed by atoms with Crippen molar-refractivity contribution < 1.29 is 22.2 Å². The summed E-state index contributed by atoms with van der Waals surface area (Å²) in [4.78, 5) is 10.9. The van der Waals surface area contributed by atoms with Crippen molar-refractivity contribution in [2.24, 2.45) is 0 Å². The average Bonchev–Trinajstić information content (AvgIpc) is 2.21. The van der Waals surface area contributed by atoms with Crippen LogP contribution in [0.3, 0.4) is 0 Å². The van der Waals surface area contributed by atoms with Crippen LogP contribution in [0.5, 0.6) is 0 Å². The molecule has 0 aromatic carbocycles. The van der Waals surface area contributed by atoms with Gasteiger partial charge in [0.1, 0.15) is 5.75 Å². The molecule has 106 valence electrons. The van der Waals surface area contributed by atoms with Gasteiger partial charge < -0.3 is 14.4 Å². The van der Waals surface area contributed by atoms with Crippen LogP contribution in [0.25, 0.3) is 0 Å². The molecule has 18 heavy (non-hydrogen) atoms. The molecule has 0 unspecified atom stereocenters. The number of carbonyl (C=O) groups excluding carboxylic acids is 1. The van der Waals surface area contributed by atoms with Crippen LogP contribution in [0.2, 0.25) is 0 Å². The maximum absolute atomic E-state index is 10.9. The Kier molecular flexibility index (Phi) is 7.12. The minimum atomic E-state index is -3.61. The van der Waals surface area contributed by atoms with E-state index in [4.69, 9.17) is 4.55 Å². The van der Waals surface area contributed by atoms with Crippen LogP contribution in [-0.4, -0.2) is 62.8 Å². The Morgan fingerprint density at radius 1 is 1.33 bits per heavy atom. The van der Waals surface area contributed by atoms with Gasteiger partial charge in [-0.2, -0.15) is 8.42 Å². The van der Waals surface area contributed by atoms with Gasteiger partial charge in [-0.3, -0.25) is 4.79 Å². The van der Waals surface area contributed by atoms with E-state index in [2.05, 4.69) is 11.9 Å². The normalized spacial score (nSPS) is 12.2. The summed E-state index contributed by atoms with van der Waals surface area (Å²) in [5.41, 5.74) is 0. The highest BCUT2D eigenvalue weighted by atomic mass is 32.2. The Bertz CT molecular complexity index is 377. The first-order chi connectivity index (χ1) is 8.16. The summed E-state index contributed by atoms with van der Waals surface area (Å²) >= 11 is 0. The molecule has 7 heteroatoms. The van der Waals surface area contributed by atoms with Crippen LogP contribution < -0.4 is 5.32 Å². The lowest BCUT2D eigenvalue weighted by Crippen LogP contribution is -2.43. The van der Waals surface area contributed by atoms with Gasteiger partial charge in [-0.25, -0.2) is 0 Å². The third kappa shape index (κ3) is 10.2. The second-order valence-electron chi connectivity index (χ2n) is 4.90. The first-order valence-electron chi connectivity index (χ1n) is 5.86. The number of amides is 1. The van der Waals surface area contributed by atoms with Crippen LogP contribution in [-0.2, 0) is 14.9 Å². The number of hydrogen-bond donors (Lipinski definition) is 1. The minimum Gasteiger partial charge on any atom is -0.352 e. The fourth-order valence-electron chi connectivity index (χ4n) is 1.59. The number of nitrogens with zero attached hydrogens (tertiary/aromatic N) is 1. The Labute approximate surface area is 109 Å². The minimum absolute atomic E-state index is 0.0954. The fraction of sp³-hybridized carbons (Fsp3) is 0.727. The molecule has 1 amide bonds. The number of quaternary nitrogens is 1. The summed E-state index contributed by atoms with van der Waals surface area (Å²) in [5, 5.41) is 2.69. The molecule has 0 atom stereocenters. The molecule has 0 aliphatic rings. The van der Waals surface area contributed by atoms with E-state index in [0.717, 1.165) is 13.0 Å². The Hall–Kier alpha value is -0.920. The Morgan fingerprint density at radius 3 is 2.39 bits per heavy atom. The van der Waals surface area contributed by atoms with Crippen molar-refractivity contribution in [1.82, 2.24) is 5.32 Å². The zero-order valence-electron chi connectivity index (χ0n) is 11.1. The molecule has 0 aliphatic carbocycles. The van der Waals surface area contributed by atoms with E-state index < -0.39 is 10.1 Å². The van der Waals surface area contributed by atoms with E-state index in [1.54, 1.807) is 0 Å². The summed E-state index contributed by atoms with van der Waals surface area (Å²) in [6.45, 7) is 5.49. The van der Waals surface area contributed by atoms with Gasteiger partial charge >= 0.3 is 10.1 Å². The van der Waals surface area contributed by atoms with E-state index in [-0.39, 0.29) is 11.7 Å². The van der Waals surface area contributed by atoms with Crippen LogP contribution in [0.1, 0.15) is 12.8 Å². The second kappa shape index (κ2) is 7.50. The third-order valence-electron chi connectivity index (χ3n) is 2.60. The van der Waals surface area contributed by atoms with Crippen LogP contribution >= 0.6 is 0 Å². The van der Waals surface area contributed by atoms with Crippen LogP contribution in [0.15, 0.2) is 12.7 Å². The van der Waals surface area contributed by atoms with E-state index in [9.17, 15) is 13.2 Å². The highest BCUT2D eigenvalue weighted by Gasteiger charge is 2.17. The predicted molar refractivity (Wildman–Crippen MR) is 71.7 cm³/mol. The molecule has 0 rings (SSSR count). The van der Waals surface area contributed by atoms with Gasteiger partial charge in [-0.05, 0) is 6.08 Å². The summed E-state index contributed by atoms with van der Waals surface area (Å²) in [5.74, 6) is -0.275. The van der Waals surface area contributed by atoms with Gasteiger partial charge in [-0.1, -0.05) is 6.58 Å². The number of hydrogen-bond acceptors (Lipinski definition) is 3. The molecule has 3 N–H and O–H groups in total. The van der Waals surface area contributed by atoms with Crippen molar-refractivity contribution in [2.75, 3.05) is 39.5 Å². The molecule has 0 fully saturated rings. The van der Waals surface area contributed by atoms with Crippen LogP contribution in [0, 0.1) is 0 Å². The van der Waals surface area contributed by atoms with Gasteiger partial charge in [0.25, 0.3) is 0 Å². The largest absolute Gasteiger partial charge is 0.378 e. The summed E-state index contributed by atoms with van der Waals surface area (Å²) in [6.07, 6.45) is 2.54. The quantitative estimate of drug-likeness (QED) is 0.260. The average molecular weight is 280 g/mol. The van der Waals surface area contributed by atoms with E-state index in [1.165, 1.54) is 6.08 Å². The zero-order valence-corrected chi connectivity index (χ0v) is 11.9. The molecule has 0 bridgehead atoms. The van der Waals surface area contributed by atoms with Crippen molar-refractivity contribution in [3.05, 3.63) is 12.7 Å². The fourth-order valence-corrected chi connectivity index (χ4v) is 2.09. The van der Waals surface area contributed by atoms with Gasteiger partial charge in [0.15, 0.2) is 0 Å². The first kappa shape index (κ1) is 17.1. The SMILES string of the molecule is C=CC(=O)NCCC[N+](C)(C)CCCS(=O)(=O)[OH2+]. The van der Waals surface area contributed by atoms with Gasteiger partial charge in [0, 0.05) is 19.4 Å². The molecule has 0 aromatic heterocycles. The monoisotopic (exact) mass is 280 g/mol. The maximum Gasteiger partial charge on any atom is 0.378 e. The van der Waals surface area contributed by atoms with Crippen molar-refractivity contribution in [3.63, 3.8) is 0 Å². The predicted octanol–water partition coefficient (Wildman–Crippen LogP) is -0.800. The number of rotatable bonds is 9. The summed E-state index contributed by atoms with van der Waals surface area (Å²) in [7, 11) is 0.397. The third-order valence-corrected chi connectivity index (χ3v) is 3.43. The van der Waals surface area contributed by atoms with E-state index in [0.29, 0.717) is 24.0 Å². The van der Waals surface area contributed by atoms with E-state index >= 15 is 0 Å². The second-order valence-corrected chi connectivity index (χ2v) is 6.54. The first-order valence-corrected chi connectivity index (χ1v) is 7.51. The molecule has 0 saturated carbocycles. The maximum atomic E-state index is 10.9. The van der Waals surface area contributed by atoms with Gasteiger partial charge in [0.05, 0.1) is 27.2 Å². The van der Waals surface area contributed by atoms with Crippen LogP contribution in [0.4, 0.5) is 0 Å². The lowest BCUT2D eigenvalue weighted by molar-refractivity contribution is -0.890. The zero-order chi connectivity index (χ0) is 14.2. The molecule has 0 radical (unpaired) electrons. The molecule has 0 heterocycles. The molecule has 0 aliphatic heterocycles. The van der Waals surface area contributed by atoms with Crippen molar-refractivity contribution in [1.29, 1.82) is 0 Å². The highest BCUT2D eigenvalue weighted by molar-refractivity contribution is 7.85. The van der Waals surface area contributed by atoms with Crippen molar-refractivity contribution in [2.45, 2.75) is 12.8 Å². The molecular weight excluding hydrogens is 256 g/mol. The summed E-state index contributed by atoms with van der Waals surface area (Å²) in [6, 6.07) is 0. The smallest absolute Gasteiger partial charge is 0.352 e. The molecular formula is C11H24N2O4S+2. The van der Waals surface area contributed by atoms with Crippen molar-refractivity contribution in [3.8, 4) is 0 Å². The number of carbonyl (C=O) groups is 1. The van der Waals surface area contributed by atoms with Gasteiger partial charge in [-0.15, -0.1) is 0 Å². The van der Waals surface area contributed by atoms with Gasteiger partial charge in [0.2, 0.25) is 5.91 Å². The number of nitrogens with one attached hydrogen (secondary N) is 1. The lowest BCUT2D eigenvalue weighted by Gasteiger charge is -2.29. The standard InChI is InChI=1S/C11H22N2O4S/c1-4-11(14)12-7-5-8-13(2,3)9-6-10-18(15,16)17/h4H,1,5-10H2,2-3H3,(H-,12,14,15,16,17)/p+2. The molecule has 0 saturated heterocycles. The van der Waals surface area contributed by atoms with Crippen molar-refractivity contribution >= 4 is 16.0 Å². The lowest BCUT2D eigenvalue weighted by atomic mass is 10.3. The van der Waals surface area contributed by atoms with E-state index in [1.807, 2.05) is 14.1 Å². The highest BCUT2D eigenvalue weighted by Crippen LogP contribution is 2.02.